The van der Waals surface area contributed by atoms with Crippen molar-refractivity contribution in [3.05, 3.63) is 60.2 Å². The van der Waals surface area contributed by atoms with Gasteiger partial charge in [-0.25, -0.2) is 22.7 Å². The Kier molecular flexibility index (Phi) is 11.8. The quantitative estimate of drug-likeness (QED) is 0.319. The molecule has 1 saturated heterocycles. The first-order valence-corrected chi connectivity index (χ1v) is 22.4. The number of para-hydroxylation sites is 1. The van der Waals surface area contributed by atoms with Crippen LogP contribution in [0.5, 0.6) is 11.5 Å². The Labute approximate surface area is 348 Å². The second-order valence-electron chi connectivity index (χ2n) is 16.5. The number of hydrogen-bond acceptors (Lipinski definition) is 12. The Hall–Kier alpha value is -5.52. The lowest BCUT2D eigenvalue weighted by atomic mass is 10.0. The number of benzene rings is 2. The van der Waals surface area contributed by atoms with E-state index in [1.807, 2.05) is 12.1 Å². The van der Waals surface area contributed by atoms with E-state index in [0.29, 0.717) is 30.2 Å². The van der Waals surface area contributed by atoms with Crippen LogP contribution in [0, 0.1) is 5.92 Å². The topological polar surface area (TPSA) is 211 Å². The highest BCUT2D eigenvalue weighted by molar-refractivity contribution is 7.90. The lowest BCUT2D eigenvalue weighted by Crippen LogP contribution is -2.58. The van der Waals surface area contributed by atoms with Gasteiger partial charge in [0.15, 0.2) is 11.5 Å². The van der Waals surface area contributed by atoms with E-state index in [1.54, 1.807) is 18.2 Å². The number of nitrogens with one attached hydrogen (secondary N) is 4. The van der Waals surface area contributed by atoms with Crippen LogP contribution in [0.1, 0.15) is 88.2 Å². The van der Waals surface area contributed by atoms with Crippen molar-refractivity contribution in [2.75, 3.05) is 25.2 Å². The number of carbonyl (C=O) groups excluding carboxylic acids is 5. The first kappa shape index (κ1) is 41.2. The molecule has 0 radical (unpaired) electrons. The number of nitrogens with zero attached hydrogens (tertiary/aromatic N) is 2. The molecule has 2 aromatic rings. The Bertz CT molecular complexity index is 2110. The third-order valence-corrected chi connectivity index (χ3v) is 13.8. The molecular weight excluding hydrogens is 797 g/mol. The zero-order chi connectivity index (χ0) is 42.0. The van der Waals surface area contributed by atoms with Crippen molar-refractivity contribution in [2.45, 2.75) is 125 Å². The highest BCUT2D eigenvalue weighted by Crippen LogP contribution is 2.45. The predicted molar refractivity (Wildman–Crippen MR) is 215 cm³/mol. The van der Waals surface area contributed by atoms with Crippen molar-refractivity contribution < 1.29 is 51.3 Å². The van der Waals surface area contributed by atoms with E-state index < -0.39 is 69.6 Å². The minimum Gasteiger partial charge on any atom is -0.454 e. The van der Waals surface area contributed by atoms with Crippen LogP contribution in [0.2, 0.25) is 0 Å². The summed E-state index contributed by atoms with van der Waals surface area (Å²) in [5, 5.41) is 8.74. The summed E-state index contributed by atoms with van der Waals surface area (Å²) in [5.74, 6) is -1.68. The summed E-state index contributed by atoms with van der Waals surface area (Å²) >= 11 is 0. The van der Waals surface area contributed by atoms with Crippen LogP contribution in [0.25, 0.3) is 0 Å². The number of anilines is 1. The third-order valence-electron chi connectivity index (χ3n) is 12.4. The molecule has 322 valence electrons. The number of fused-ring (bicyclic) bond motifs is 4. The van der Waals surface area contributed by atoms with Gasteiger partial charge in [0.05, 0.1) is 12.2 Å². The van der Waals surface area contributed by atoms with E-state index in [9.17, 15) is 32.4 Å². The largest absolute Gasteiger partial charge is 0.454 e. The minimum absolute atomic E-state index is 0.0643. The molecule has 0 unspecified atom stereocenters. The average Bonchev–Trinajstić information content (AvgIpc) is 3.80. The van der Waals surface area contributed by atoms with Gasteiger partial charge in [0.25, 0.3) is 15.9 Å². The van der Waals surface area contributed by atoms with Gasteiger partial charge in [0, 0.05) is 32.0 Å². The number of sulfonamides is 1. The number of alkyl carbamates (subject to hydrolysis) is 1. The van der Waals surface area contributed by atoms with Crippen molar-refractivity contribution in [3.63, 3.8) is 0 Å². The van der Waals surface area contributed by atoms with E-state index in [1.165, 1.54) is 21.9 Å². The van der Waals surface area contributed by atoms with Crippen LogP contribution >= 0.6 is 0 Å². The maximum absolute atomic E-state index is 14.6. The Balaban J connectivity index is 1.05. The number of rotatable bonds is 4. The monoisotopic (exact) mass is 848 g/mol. The van der Waals surface area contributed by atoms with E-state index >= 15 is 0 Å². The van der Waals surface area contributed by atoms with Crippen LogP contribution in [-0.2, 0) is 47.0 Å². The van der Waals surface area contributed by atoms with Gasteiger partial charge in [0.1, 0.15) is 34.7 Å². The zero-order valence-corrected chi connectivity index (χ0v) is 34.3. The Morgan fingerprint density at radius 3 is 2.30 bits per heavy atom. The molecule has 18 heteroatoms. The summed E-state index contributed by atoms with van der Waals surface area (Å²) in [6.07, 6.45) is 6.18. The smallest absolute Gasteiger partial charge is 0.410 e. The van der Waals surface area contributed by atoms with Gasteiger partial charge in [-0.05, 0) is 80.3 Å². The normalized spacial score (nSPS) is 28.0. The molecule has 4 heterocycles. The van der Waals surface area contributed by atoms with E-state index in [0.717, 1.165) is 62.5 Å². The molecule has 0 bridgehead atoms. The molecule has 5 amide bonds. The van der Waals surface area contributed by atoms with Crippen LogP contribution < -0.4 is 30.1 Å². The number of hydrogen-bond donors (Lipinski definition) is 4. The first-order valence-electron chi connectivity index (χ1n) is 20.9. The van der Waals surface area contributed by atoms with E-state index in [2.05, 4.69) is 27.3 Å². The first-order chi connectivity index (χ1) is 28.9. The summed E-state index contributed by atoms with van der Waals surface area (Å²) in [5.41, 5.74) is 0.410. The highest BCUT2D eigenvalue weighted by atomic mass is 32.2. The van der Waals surface area contributed by atoms with Crippen molar-refractivity contribution >= 4 is 45.6 Å². The summed E-state index contributed by atoms with van der Waals surface area (Å²) in [7, 11) is -4.41. The molecule has 4 N–H and O–H groups in total. The number of carbonyl (C=O) groups is 5. The molecule has 8 rings (SSSR count). The van der Waals surface area contributed by atoms with Crippen molar-refractivity contribution in [2.24, 2.45) is 5.92 Å². The molecule has 5 atom stereocenters. The fourth-order valence-electron chi connectivity index (χ4n) is 8.98. The van der Waals surface area contributed by atoms with Gasteiger partial charge in [-0.3, -0.25) is 19.3 Å². The Morgan fingerprint density at radius 2 is 1.58 bits per heavy atom. The number of amides is 5. The predicted octanol–water partition coefficient (Wildman–Crippen LogP) is 4.21. The standard InChI is InChI=1S/C42H52N6O11S/c1-2-28-21-42(28)39(51)46-60(54,55)36-16-10-9-14-31(36)43-17-11-5-3-4-6-15-32(44-40(52)58-29-12-7-8-13-29)38(50)48-24-30(20-33(48)37(49)45-42)59-41(53)47-22-26-18-34-35(57-25-56-34)19-27(26)23-47/h2,9-10,14,16,18-19,28-30,32-33,43H,1,3-8,11-13,15,17,20-25H2,(H,44,52)(H,45,49)(H,46,51)/t28-,30-,32+,33+,42-/m1/s1. The fourth-order valence-corrected chi connectivity index (χ4v) is 10.2. The Morgan fingerprint density at radius 1 is 0.900 bits per heavy atom. The minimum atomic E-state index is -4.41. The summed E-state index contributed by atoms with van der Waals surface area (Å²) in [6.45, 7) is 4.74. The van der Waals surface area contributed by atoms with Crippen molar-refractivity contribution in [1.29, 1.82) is 0 Å². The average molecular weight is 849 g/mol. The molecule has 6 aliphatic rings. The van der Waals surface area contributed by atoms with E-state index in [4.69, 9.17) is 18.9 Å². The molecule has 3 fully saturated rings. The molecule has 4 aliphatic heterocycles. The van der Waals surface area contributed by atoms with Crippen LogP contribution in [-0.4, -0.2) is 97.8 Å². The van der Waals surface area contributed by atoms with Crippen molar-refractivity contribution in [3.8, 4) is 11.5 Å². The summed E-state index contributed by atoms with van der Waals surface area (Å²) < 4.78 is 52.3. The highest BCUT2D eigenvalue weighted by Gasteiger charge is 2.61. The van der Waals surface area contributed by atoms with Gasteiger partial charge in [0.2, 0.25) is 18.6 Å². The molecule has 2 aromatic carbocycles. The molecule has 17 nitrogen and oxygen atoms in total. The van der Waals surface area contributed by atoms with Gasteiger partial charge in [-0.2, -0.15) is 0 Å². The van der Waals surface area contributed by atoms with E-state index in [-0.39, 0.29) is 56.7 Å². The molecule has 0 aromatic heterocycles. The van der Waals surface area contributed by atoms with Crippen LogP contribution in [0.3, 0.4) is 0 Å². The van der Waals surface area contributed by atoms with Crippen LogP contribution in [0.15, 0.2) is 53.9 Å². The fraction of sp³-hybridized carbons (Fsp3) is 0.548. The molecular formula is C42H52N6O11S. The second kappa shape index (κ2) is 17.2. The van der Waals surface area contributed by atoms with Gasteiger partial charge >= 0.3 is 12.2 Å². The SMILES string of the molecule is C=C[C@@H]1C[C@@]12NC(=O)[C@@H]1C[C@@H](OC(=O)N3Cc4cc5c(cc4C3)OCO5)CN1C(=O)[C@@H](NC(=O)OC1CCCC1)CCCCCCCNc1ccccc1S(=O)(=O)NC2=O. The van der Waals surface area contributed by atoms with Gasteiger partial charge in [-0.15, -0.1) is 6.58 Å². The maximum Gasteiger partial charge on any atom is 0.410 e. The zero-order valence-electron chi connectivity index (χ0n) is 33.4. The lowest BCUT2D eigenvalue weighted by Gasteiger charge is -2.30. The molecule has 1 spiro atoms. The molecule has 60 heavy (non-hydrogen) atoms. The van der Waals surface area contributed by atoms with Crippen molar-refractivity contribution in [1.82, 2.24) is 25.2 Å². The summed E-state index contributed by atoms with van der Waals surface area (Å²) in [4.78, 5) is 72.7. The molecule has 2 aliphatic carbocycles. The van der Waals surface area contributed by atoms with Gasteiger partial charge < -0.3 is 39.8 Å². The lowest BCUT2D eigenvalue weighted by molar-refractivity contribution is -0.141. The van der Waals surface area contributed by atoms with Gasteiger partial charge in [-0.1, -0.05) is 43.9 Å². The third kappa shape index (κ3) is 8.69. The summed E-state index contributed by atoms with van der Waals surface area (Å²) in [6, 6.07) is 7.66. The molecule has 2 saturated carbocycles. The number of ether oxygens (including phenoxy) is 4. The second-order valence-corrected chi connectivity index (χ2v) is 18.2. The maximum atomic E-state index is 14.6. The van der Waals surface area contributed by atoms with Crippen LogP contribution in [0.4, 0.5) is 15.3 Å².